The summed E-state index contributed by atoms with van der Waals surface area (Å²) in [5.74, 6) is 0.427. The van der Waals surface area contributed by atoms with Gasteiger partial charge in [-0.1, -0.05) is 35.2 Å². The Hall–Kier alpha value is -1.97. The number of benzene rings is 1. The van der Waals surface area contributed by atoms with Crippen LogP contribution in [0.5, 0.6) is 0 Å². The maximum absolute atomic E-state index is 12.6. The van der Waals surface area contributed by atoms with Gasteiger partial charge in [0.2, 0.25) is 11.0 Å². The monoisotopic (exact) mass is 418 g/mol. The van der Waals surface area contributed by atoms with Crippen LogP contribution < -0.4 is 10.2 Å². The minimum Gasteiger partial charge on any atom is -0.376 e. The standard InChI is InChI=1S/C19H22N4O3S2/c24-16(13-4-1-5-14(10-13)23-8-2-7-17(23)25)12-27-19-22-21-18(28-19)20-11-15-6-3-9-26-15/h1,4-5,10,15H,2-3,6-9,11-12H2,(H,20,21)/t15-/m1/s1. The number of carbonyl (C=O) groups excluding carboxylic acids is 2. The number of amides is 1. The van der Waals surface area contributed by atoms with Gasteiger partial charge in [-0.05, 0) is 31.4 Å². The molecule has 1 aromatic carbocycles. The first-order chi connectivity index (χ1) is 13.7. The molecule has 0 unspecified atom stereocenters. The van der Waals surface area contributed by atoms with Gasteiger partial charge in [-0.15, -0.1) is 10.2 Å². The second-order valence-corrected chi connectivity index (χ2v) is 9.00. The van der Waals surface area contributed by atoms with Gasteiger partial charge in [0.1, 0.15) is 0 Å². The van der Waals surface area contributed by atoms with Crippen molar-refractivity contribution >= 4 is 45.6 Å². The van der Waals surface area contributed by atoms with Crippen molar-refractivity contribution in [3.05, 3.63) is 29.8 Å². The summed E-state index contributed by atoms with van der Waals surface area (Å²) in [5, 5.41) is 12.3. The first kappa shape index (κ1) is 19.4. The van der Waals surface area contributed by atoms with Crippen LogP contribution in [0.3, 0.4) is 0 Å². The number of ketones is 1. The number of carbonyl (C=O) groups is 2. The molecule has 2 fully saturated rings. The van der Waals surface area contributed by atoms with Gasteiger partial charge in [-0.3, -0.25) is 9.59 Å². The largest absolute Gasteiger partial charge is 0.376 e. The number of Topliss-reactive ketones (excluding diaryl/α,β-unsaturated/α-hetero) is 1. The number of hydrogen-bond donors (Lipinski definition) is 1. The van der Waals surface area contributed by atoms with Crippen LogP contribution in [0, 0.1) is 0 Å². The summed E-state index contributed by atoms with van der Waals surface area (Å²) in [4.78, 5) is 26.2. The van der Waals surface area contributed by atoms with E-state index in [0.717, 1.165) is 54.1 Å². The summed E-state index contributed by atoms with van der Waals surface area (Å²) in [6, 6.07) is 7.31. The summed E-state index contributed by atoms with van der Waals surface area (Å²) >= 11 is 2.83. The maximum Gasteiger partial charge on any atom is 0.227 e. The molecule has 2 aliphatic heterocycles. The molecule has 28 heavy (non-hydrogen) atoms. The van der Waals surface area contributed by atoms with Crippen molar-refractivity contribution in [2.75, 3.05) is 35.7 Å². The van der Waals surface area contributed by atoms with Crippen LogP contribution in [0.2, 0.25) is 0 Å². The van der Waals surface area contributed by atoms with Gasteiger partial charge in [-0.2, -0.15) is 0 Å². The van der Waals surface area contributed by atoms with Crippen LogP contribution in [-0.2, 0) is 9.53 Å². The zero-order valence-corrected chi connectivity index (χ0v) is 17.1. The Morgan fingerprint density at radius 1 is 1.36 bits per heavy atom. The molecule has 3 heterocycles. The van der Waals surface area contributed by atoms with E-state index in [2.05, 4.69) is 15.5 Å². The van der Waals surface area contributed by atoms with Crippen LogP contribution in [0.25, 0.3) is 0 Å². The maximum atomic E-state index is 12.6. The highest BCUT2D eigenvalue weighted by Crippen LogP contribution is 2.27. The van der Waals surface area contributed by atoms with Crippen LogP contribution in [-0.4, -0.2) is 53.4 Å². The highest BCUT2D eigenvalue weighted by atomic mass is 32.2. The summed E-state index contributed by atoms with van der Waals surface area (Å²) < 4.78 is 6.34. The lowest BCUT2D eigenvalue weighted by molar-refractivity contribution is -0.117. The molecule has 0 aliphatic carbocycles. The van der Waals surface area contributed by atoms with Crippen LogP contribution in [0.15, 0.2) is 28.6 Å². The third kappa shape index (κ3) is 4.71. The van der Waals surface area contributed by atoms with Gasteiger partial charge in [-0.25, -0.2) is 0 Å². The summed E-state index contributed by atoms with van der Waals surface area (Å²) in [7, 11) is 0. The Kier molecular flexibility index (Phi) is 6.23. The quantitative estimate of drug-likeness (QED) is 0.520. The molecule has 0 bridgehead atoms. The van der Waals surface area contributed by atoms with E-state index in [1.165, 1.54) is 23.1 Å². The molecule has 1 amide bonds. The number of nitrogens with zero attached hydrogens (tertiary/aromatic N) is 3. The van der Waals surface area contributed by atoms with Crippen LogP contribution >= 0.6 is 23.1 Å². The molecule has 2 saturated heterocycles. The summed E-state index contributed by atoms with van der Waals surface area (Å²) in [5.41, 5.74) is 1.42. The van der Waals surface area contributed by atoms with E-state index in [9.17, 15) is 9.59 Å². The SMILES string of the molecule is O=C(CSc1nnc(NC[C@H]2CCCO2)s1)c1cccc(N2CCCC2=O)c1. The van der Waals surface area contributed by atoms with Gasteiger partial charge in [0.05, 0.1) is 11.9 Å². The smallest absolute Gasteiger partial charge is 0.227 e. The Labute approximate surface area is 171 Å². The molecule has 9 heteroatoms. The van der Waals surface area contributed by atoms with E-state index in [0.29, 0.717) is 12.0 Å². The van der Waals surface area contributed by atoms with Crippen molar-refractivity contribution in [1.29, 1.82) is 0 Å². The molecule has 148 valence electrons. The number of thioether (sulfide) groups is 1. The van der Waals surface area contributed by atoms with E-state index in [1.807, 2.05) is 12.1 Å². The zero-order valence-electron chi connectivity index (χ0n) is 15.4. The molecular weight excluding hydrogens is 396 g/mol. The molecule has 4 rings (SSSR count). The first-order valence-electron chi connectivity index (χ1n) is 9.44. The van der Waals surface area contributed by atoms with E-state index in [-0.39, 0.29) is 23.5 Å². The number of aromatic nitrogens is 2. The number of hydrogen-bond acceptors (Lipinski definition) is 8. The minimum atomic E-state index is 0.0163. The third-order valence-corrected chi connectivity index (χ3v) is 6.81. The van der Waals surface area contributed by atoms with Gasteiger partial charge >= 0.3 is 0 Å². The fourth-order valence-corrected chi connectivity index (χ4v) is 4.98. The van der Waals surface area contributed by atoms with Crippen LogP contribution in [0.4, 0.5) is 10.8 Å². The highest BCUT2D eigenvalue weighted by Gasteiger charge is 2.22. The Morgan fingerprint density at radius 2 is 2.29 bits per heavy atom. The lowest BCUT2D eigenvalue weighted by atomic mass is 10.1. The fourth-order valence-electron chi connectivity index (χ4n) is 3.33. The van der Waals surface area contributed by atoms with Crippen molar-refractivity contribution in [2.45, 2.75) is 36.1 Å². The van der Waals surface area contributed by atoms with Gasteiger partial charge in [0, 0.05) is 37.4 Å². The van der Waals surface area contributed by atoms with Crippen molar-refractivity contribution < 1.29 is 14.3 Å². The molecule has 0 spiro atoms. The first-order valence-corrected chi connectivity index (χ1v) is 11.2. The predicted molar refractivity (Wildman–Crippen MR) is 110 cm³/mol. The van der Waals surface area contributed by atoms with Gasteiger partial charge in [0.25, 0.3) is 0 Å². The molecule has 1 atom stereocenters. The normalized spacial score (nSPS) is 19.4. The lowest BCUT2D eigenvalue weighted by Crippen LogP contribution is -2.23. The Bertz CT molecular complexity index is 851. The van der Waals surface area contributed by atoms with Crippen molar-refractivity contribution in [1.82, 2.24) is 10.2 Å². The number of anilines is 2. The van der Waals surface area contributed by atoms with Crippen molar-refractivity contribution in [3.8, 4) is 0 Å². The molecule has 2 aromatic rings. The minimum absolute atomic E-state index is 0.0163. The molecule has 7 nitrogen and oxygen atoms in total. The average Bonchev–Trinajstić information content (AvgIpc) is 3.46. The molecule has 0 saturated carbocycles. The summed E-state index contributed by atoms with van der Waals surface area (Å²) in [6.45, 7) is 2.29. The number of nitrogens with one attached hydrogen (secondary N) is 1. The topological polar surface area (TPSA) is 84.4 Å². The highest BCUT2D eigenvalue weighted by molar-refractivity contribution is 8.01. The number of rotatable bonds is 8. The third-order valence-electron chi connectivity index (χ3n) is 4.79. The molecule has 0 radical (unpaired) electrons. The second kappa shape index (κ2) is 9.02. The van der Waals surface area contributed by atoms with E-state index < -0.39 is 0 Å². The van der Waals surface area contributed by atoms with Crippen molar-refractivity contribution in [2.24, 2.45) is 0 Å². The fraction of sp³-hybridized carbons (Fsp3) is 0.474. The predicted octanol–water partition coefficient (Wildman–Crippen LogP) is 3.23. The van der Waals surface area contributed by atoms with E-state index in [1.54, 1.807) is 17.0 Å². The molecular formula is C19H22N4O3S2. The Balaban J connectivity index is 1.30. The molecule has 2 aliphatic rings. The molecule has 1 aromatic heterocycles. The second-order valence-electron chi connectivity index (χ2n) is 6.80. The average molecular weight is 419 g/mol. The zero-order chi connectivity index (χ0) is 19.3. The van der Waals surface area contributed by atoms with E-state index >= 15 is 0 Å². The van der Waals surface area contributed by atoms with E-state index in [4.69, 9.17) is 4.74 Å². The van der Waals surface area contributed by atoms with Crippen LogP contribution in [0.1, 0.15) is 36.0 Å². The Morgan fingerprint density at radius 3 is 3.07 bits per heavy atom. The van der Waals surface area contributed by atoms with Gasteiger partial charge in [0.15, 0.2) is 10.1 Å². The number of ether oxygens (including phenoxy) is 1. The van der Waals surface area contributed by atoms with Gasteiger partial charge < -0.3 is 15.0 Å². The molecule has 1 N–H and O–H groups in total. The van der Waals surface area contributed by atoms with Crippen molar-refractivity contribution in [3.63, 3.8) is 0 Å². The lowest BCUT2D eigenvalue weighted by Gasteiger charge is -2.16. The summed E-state index contributed by atoms with van der Waals surface area (Å²) in [6.07, 6.45) is 3.88.